The molecular formula is C11H26N2O2. The maximum absolute atomic E-state index is 10.6. The third-order valence-electron chi connectivity index (χ3n) is 0.872. The van der Waals surface area contributed by atoms with Gasteiger partial charge >= 0.3 is 0 Å². The van der Waals surface area contributed by atoms with E-state index in [4.69, 9.17) is 0 Å². The van der Waals surface area contributed by atoms with Gasteiger partial charge in [0.05, 0.1) is 13.1 Å². The second kappa shape index (κ2) is 18.8. The van der Waals surface area contributed by atoms with E-state index in [1.54, 1.807) is 7.05 Å². The predicted octanol–water partition coefficient (Wildman–Crippen LogP) is 1.35. The van der Waals surface area contributed by atoms with Crippen molar-refractivity contribution < 1.29 is 9.59 Å². The lowest BCUT2D eigenvalue weighted by molar-refractivity contribution is -0.123. The molecule has 1 amide bonds. The van der Waals surface area contributed by atoms with Gasteiger partial charge in [0.25, 0.3) is 0 Å². The Morgan fingerprint density at radius 3 is 1.73 bits per heavy atom. The molecule has 4 nitrogen and oxygen atoms in total. The lowest BCUT2D eigenvalue weighted by Gasteiger charge is -1.99. The fourth-order valence-electron chi connectivity index (χ4n) is 0.446. The first-order valence-electron chi connectivity index (χ1n) is 5.49. The normalized spacial score (nSPS) is 7.60. The summed E-state index contributed by atoms with van der Waals surface area (Å²) in [6.07, 6.45) is 1.25. The molecular weight excluding hydrogens is 192 g/mol. The van der Waals surface area contributed by atoms with Gasteiger partial charge in [-0.1, -0.05) is 34.1 Å². The molecule has 0 aromatic rings. The molecule has 0 unspecified atom stereocenters. The second-order valence-corrected chi connectivity index (χ2v) is 2.72. The van der Waals surface area contributed by atoms with Crippen LogP contribution in [-0.2, 0) is 9.59 Å². The van der Waals surface area contributed by atoms with Crippen molar-refractivity contribution >= 4 is 11.7 Å². The van der Waals surface area contributed by atoms with Crippen molar-refractivity contribution in [2.75, 3.05) is 20.1 Å². The Hall–Kier alpha value is -0.900. The molecule has 0 fully saturated rings. The monoisotopic (exact) mass is 218 g/mol. The third-order valence-corrected chi connectivity index (χ3v) is 0.872. The van der Waals surface area contributed by atoms with Crippen LogP contribution in [0.25, 0.3) is 0 Å². The summed E-state index contributed by atoms with van der Waals surface area (Å²) in [4.78, 5) is 20.9. The average molecular weight is 218 g/mol. The zero-order chi connectivity index (χ0) is 12.7. The molecule has 0 aromatic carbocycles. The summed E-state index contributed by atoms with van der Waals surface area (Å²) < 4.78 is 0. The van der Waals surface area contributed by atoms with Crippen LogP contribution in [0, 0.1) is 0 Å². The first-order valence-corrected chi connectivity index (χ1v) is 5.49. The van der Waals surface area contributed by atoms with Crippen molar-refractivity contribution in [2.24, 2.45) is 0 Å². The maximum Gasteiger partial charge on any atom is 0.234 e. The molecule has 0 heterocycles. The van der Waals surface area contributed by atoms with Gasteiger partial charge in [0.15, 0.2) is 0 Å². The van der Waals surface area contributed by atoms with Crippen LogP contribution in [0.1, 0.15) is 41.0 Å². The molecule has 0 aliphatic rings. The van der Waals surface area contributed by atoms with Crippen LogP contribution in [0.3, 0.4) is 0 Å². The molecule has 4 heteroatoms. The van der Waals surface area contributed by atoms with Crippen LogP contribution in [0.15, 0.2) is 0 Å². The number of carbonyl (C=O) groups excluding carboxylic acids is 2. The Bertz CT molecular complexity index is 148. The number of likely N-dealkylation sites (N-methyl/N-ethyl adjacent to an activating group) is 1. The van der Waals surface area contributed by atoms with Gasteiger partial charge in [-0.05, 0) is 14.0 Å². The van der Waals surface area contributed by atoms with Crippen molar-refractivity contribution in [2.45, 2.75) is 41.0 Å². The highest BCUT2D eigenvalue weighted by Gasteiger charge is 1.98. The Balaban J connectivity index is -0.000000245. The summed E-state index contributed by atoms with van der Waals surface area (Å²) in [7, 11) is 1.67. The molecule has 0 aliphatic heterocycles. The minimum Gasteiger partial charge on any atom is -0.348 e. The van der Waals surface area contributed by atoms with Gasteiger partial charge in [-0.3, -0.25) is 9.59 Å². The van der Waals surface area contributed by atoms with Gasteiger partial charge in [0.1, 0.15) is 5.78 Å². The number of nitrogens with one attached hydrogen (secondary N) is 2. The molecule has 0 radical (unpaired) electrons. The van der Waals surface area contributed by atoms with E-state index in [9.17, 15) is 9.59 Å². The van der Waals surface area contributed by atoms with Crippen LogP contribution in [0.5, 0.6) is 0 Å². The van der Waals surface area contributed by atoms with E-state index in [2.05, 4.69) is 24.5 Å². The van der Waals surface area contributed by atoms with E-state index < -0.39 is 0 Å². The molecule has 15 heavy (non-hydrogen) atoms. The van der Waals surface area contributed by atoms with E-state index in [0.717, 1.165) is 0 Å². The van der Waals surface area contributed by atoms with E-state index >= 15 is 0 Å². The topological polar surface area (TPSA) is 58.2 Å². The summed E-state index contributed by atoms with van der Waals surface area (Å²) >= 11 is 0. The minimum absolute atomic E-state index is 0.0375. The second-order valence-electron chi connectivity index (χ2n) is 2.72. The Morgan fingerprint density at radius 2 is 1.47 bits per heavy atom. The zero-order valence-electron chi connectivity index (χ0n) is 10.9. The molecule has 0 spiro atoms. The lowest BCUT2D eigenvalue weighted by atomic mass is 10.4. The summed E-state index contributed by atoms with van der Waals surface area (Å²) in [5.41, 5.74) is 0. The highest BCUT2D eigenvalue weighted by Crippen LogP contribution is 1.65. The number of amides is 1. The largest absolute Gasteiger partial charge is 0.348 e. The van der Waals surface area contributed by atoms with Gasteiger partial charge < -0.3 is 10.6 Å². The van der Waals surface area contributed by atoms with E-state index in [1.165, 1.54) is 13.3 Å². The quantitative estimate of drug-likeness (QED) is 0.749. The molecule has 0 aliphatic carbocycles. The number of rotatable bonds is 4. The van der Waals surface area contributed by atoms with Gasteiger partial charge in [-0.2, -0.15) is 0 Å². The minimum atomic E-state index is -0.155. The van der Waals surface area contributed by atoms with Crippen molar-refractivity contribution in [1.29, 1.82) is 0 Å². The summed E-state index contributed by atoms with van der Waals surface area (Å²) in [6.45, 7) is 10.1. The smallest absolute Gasteiger partial charge is 0.234 e. The van der Waals surface area contributed by atoms with Crippen LogP contribution in [-0.4, -0.2) is 31.8 Å². The highest BCUT2D eigenvalue weighted by molar-refractivity contribution is 5.85. The Morgan fingerprint density at radius 1 is 1.07 bits per heavy atom. The van der Waals surface area contributed by atoms with Gasteiger partial charge in [0.2, 0.25) is 5.91 Å². The number of Topliss-reactive ketones (excluding diaryl/α,β-unsaturated/α-hetero) is 1. The van der Waals surface area contributed by atoms with Crippen LogP contribution >= 0.6 is 0 Å². The molecule has 2 N–H and O–H groups in total. The third kappa shape index (κ3) is 32.0. The Kier molecular flexibility index (Phi) is 24.6. The number of carbonyl (C=O) groups is 2. The molecule has 0 aromatic heterocycles. The molecule has 92 valence electrons. The first-order chi connectivity index (χ1) is 7.08. The number of hydrogen-bond acceptors (Lipinski definition) is 3. The highest BCUT2D eigenvalue weighted by atomic mass is 16.2. The van der Waals surface area contributed by atoms with Crippen LogP contribution < -0.4 is 10.6 Å². The van der Waals surface area contributed by atoms with Gasteiger partial charge in [0, 0.05) is 0 Å². The summed E-state index contributed by atoms with van der Waals surface area (Å²) in [5, 5.41) is 5.10. The molecule has 0 saturated carbocycles. The van der Waals surface area contributed by atoms with E-state index in [-0.39, 0.29) is 24.8 Å². The van der Waals surface area contributed by atoms with E-state index in [1.807, 2.05) is 13.8 Å². The van der Waals surface area contributed by atoms with Gasteiger partial charge in [-0.25, -0.2) is 0 Å². The lowest BCUT2D eigenvalue weighted by Crippen LogP contribution is -2.34. The van der Waals surface area contributed by atoms with Crippen LogP contribution in [0.4, 0.5) is 0 Å². The SMILES string of the molecule is CC.CCC.CNCC(=O)NCC(C)=O. The van der Waals surface area contributed by atoms with Crippen molar-refractivity contribution in [3.8, 4) is 0 Å². The fraction of sp³-hybridized carbons (Fsp3) is 0.818. The fourth-order valence-corrected chi connectivity index (χ4v) is 0.446. The van der Waals surface area contributed by atoms with Gasteiger partial charge in [-0.15, -0.1) is 0 Å². The molecule has 0 saturated heterocycles. The Labute approximate surface area is 93.8 Å². The average Bonchev–Trinajstić information content (AvgIpc) is 2.20. The number of ketones is 1. The molecule has 0 bridgehead atoms. The summed E-state index contributed by atoms with van der Waals surface area (Å²) in [5.74, 6) is -0.192. The zero-order valence-corrected chi connectivity index (χ0v) is 10.9. The van der Waals surface area contributed by atoms with Crippen LogP contribution in [0.2, 0.25) is 0 Å². The molecule has 0 rings (SSSR count). The van der Waals surface area contributed by atoms with Crippen molar-refractivity contribution in [1.82, 2.24) is 10.6 Å². The van der Waals surface area contributed by atoms with E-state index in [0.29, 0.717) is 0 Å². The standard InChI is InChI=1S/C6H12N2O2.C3H8.C2H6/c1-5(9)3-8-6(10)4-7-2;1-3-2;1-2/h7H,3-4H2,1-2H3,(H,8,10);3H2,1-2H3;1-2H3. The number of hydrogen-bond donors (Lipinski definition) is 2. The molecule has 0 atom stereocenters. The summed E-state index contributed by atoms with van der Waals surface area (Å²) in [6, 6.07) is 0. The van der Waals surface area contributed by atoms with Crippen molar-refractivity contribution in [3.63, 3.8) is 0 Å². The first kappa shape index (κ1) is 19.6. The maximum atomic E-state index is 10.6. The van der Waals surface area contributed by atoms with Crippen molar-refractivity contribution in [3.05, 3.63) is 0 Å². The predicted molar refractivity (Wildman–Crippen MR) is 64.9 cm³/mol.